The fourth-order valence-electron chi connectivity index (χ4n) is 2.60. The molecule has 23 heavy (non-hydrogen) atoms. The molecular formula is C17H20N4OS. The largest absolute Gasteiger partial charge is 0.346 e. The molecule has 0 atom stereocenters. The van der Waals surface area contributed by atoms with Crippen molar-refractivity contribution < 1.29 is 4.79 Å². The summed E-state index contributed by atoms with van der Waals surface area (Å²) in [5.41, 5.74) is 4.70. The van der Waals surface area contributed by atoms with E-state index in [4.69, 9.17) is 0 Å². The number of rotatable bonds is 4. The number of aryl methyl sites for hydroxylation is 4. The molecule has 2 heterocycles. The Kier molecular flexibility index (Phi) is 4.17. The zero-order valence-corrected chi connectivity index (χ0v) is 14.6. The quantitative estimate of drug-likeness (QED) is 0.800. The highest BCUT2D eigenvalue weighted by Gasteiger charge is 2.15. The van der Waals surface area contributed by atoms with Crippen LogP contribution in [0.3, 0.4) is 0 Å². The average molecular weight is 328 g/mol. The van der Waals surface area contributed by atoms with Crippen molar-refractivity contribution in [3.05, 3.63) is 51.3 Å². The third-order valence-corrected chi connectivity index (χ3v) is 4.94. The van der Waals surface area contributed by atoms with Gasteiger partial charge in [0, 0.05) is 5.56 Å². The number of nitrogens with zero attached hydrogens (tertiary/aromatic N) is 3. The second-order valence-corrected chi connectivity index (χ2v) is 6.73. The summed E-state index contributed by atoms with van der Waals surface area (Å²) >= 11 is 1.59. The van der Waals surface area contributed by atoms with Crippen molar-refractivity contribution in [1.82, 2.24) is 19.9 Å². The van der Waals surface area contributed by atoms with Crippen molar-refractivity contribution in [2.75, 3.05) is 0 Å². The van der Waals surface area contributed by atoms with E-state index in [0.29, 0.717) is 12.1 Å². The average Bonchev–Trinajstić information content (AvgIpc) is 3.01. The summed E-state index contributed by atoms with van der Waals surface area (Å²) in [4.78, 5) is 17.8. The summed E-state index contributed by atoms with van der Waals surface area (Å²) in [6, 6.07) is 5.85. The predicted octanol–water partition coefficient (Wildman–Crippen LogP) is 3.21. The highest BCUT2D eigenvalue weighted by molar-refractivity contribution is 7.16. The van der Waals surface area contributed by atoms with Gasteiger partial charge in [0.05, 0.1) is 17.9 Å². The second kappa shape index (κ2) is 6.12. The van der Waals surface area contributed by atoms with Crippen molar-refractivity contribution in [2.24, 2.45) is 0 Å². The van der Waals surface area contributed by atoms with Gasteiger partial charge in [0.15, 0.2) is 0 Å². The summed E-state index contributed by atoms with van der Waals surface area (Å²) < 4.78 is 1.85. The van der Waals surface area contributed by atoms with E-state index in [0.717, 1.165) is 38.9 Å². The first-order valence-electron chi connectivity index (χ1n) is 7.69. The normalized spacial score (nSPS) is 11.1. The molecule has 0 aliphatic carbocycles. The molecule has 0 bridgehead atoms. The molecule has 0 spiro atoms. The lowest BCUT2D eigenvalue weighted by molar-refractivity contribution is 0.0949. The van der Waals surface area contributed by atoms with Gasteiger partial charge in [0.1, 0.15) is 5.01 Å². The molecule has 6 heteroatoms. The van der Waals surface area contributed by atoms with E-state index < -0.39 is 0 Å². The monoisotopic (exact) mass is 328 g/mol. The minimum atomic E-state index is -0.0669. The van der Waals surface area contributed by atoms with E-state index >= 15 is 0 Å². The molecule has 1 aromatic carbocycles. The van der Waals surface area contributed by atoms with Gasteiger partial charge >= 0.3 is 0 Å². The highest BCUT2D eigenvalue weighted by Crippen LogP contribution is 2.19. The molecule has 0 fully saturated rings. The number of nitrogens with one attached hydrogen (secondary N) is 1. The number of aromatic nitrogens is 3. The Balaban J connectivity index is 1.81. The molecule has 5 nitrogen and oxygen atoms in total. The minimum Gasteiger partial charge on any atom is -0.346 e. The zero-order chi connectivity index (χ0) is 16.6. The lowest BCUT2D eigenvalue weighted by Crippen LogP contribution is -2.24. The molecule has 0 saturated carbocycles. The maximum absolute atomic E-state index is 12.4. The van der Waals surface area contributed by atoms with Crippen molar-refractivity contribution >= 4 is 22.2 Å². The van der Waals surface area contributed by atoms with Gasteiger partial charge in [-0.05, 0) is 38.8 Å². The first-order valence-corrected chi connectivity index (χ1v) is 8.50. The number of hydrogen-bond acceptors (Lipinski definition) is 4. The van der Waals surface area contributed by atoms with Crippen molar-refractivity contribution in [1.29, 1.82) is 0 Å². The summed E-state index contributed by atoms with van der Waals surface area (Å²) in [5.74, 6) is -0.0669. The van der Waals surface area contributed by atoms with Gasteiger partial charge < -0.3 is 5.32 Å². The van der Waals surface area contributed by atoms with Crippen LogP contribution in [0.4, 0.5) is 0 Å². The molecule has 0 unspecified atom stereocenters. The Morgan fingerprint density at radius 3 is 2.78 bits per heavy atom. The Labute approximate surface area is 139 Å². The number of carbonyl (C=O) groups is 1. The fourth-order valence-corrected chi connectivity index (χ4v) is 3.50. The van der Waals surface area contributed by atoms with Crippen LogP contribution in [-0.4, -0.2) is 20.5 Å². The SMILES string of the molecule is CCc1nn2c(CNC(=O)c3ccc(C)cc3C)c(C)nc2s1. The Morgan fingerprint density at radius 1 is 1.30 bits per heavy atom. The molecular weight excluding hydrogens is 308 g/mol. The summed E-state index contributed by atoms with van der Waals surface area (Å²) in [5, 5.41) is 8.59. The maximum Gasteiger partial charge on any atom is 0.251 e. The Bertz CT molecular complexity index is 878. The van der Waals surface area contributed by atoms with Crippen LogP contribution in [0, 0.1) is 20.8 Å². The Hall–Kier alpha value is -2.21. The van der Waals surface area contributed by atoms with Gasteiger partial charge in [-0.1, -0.05) is 36.0 Å². The number of imidazole rings is 1. The van der Waals surface area contributed by atoms with Crippen LogP contribution in [0.15, 0.2) is 18.2 Å². The molecule has 3 rings (SSSR count). The van der Waals surface area contributed by atoms with E-state index in [2.05, 4.69) is 22.3 Å². The number of carbonyl (C=O) groups excluding carboxylic acids is 1. The van der Waals surface area contributed by atoms with E-state index in [1.54, 1.807) is 11.3 Å². The van der Waals surface area contributed by atoms with E-state index in [-0.39, 0.29) is 5.91 Å². The molecule has 120 valence electrons. The molecule has 0 radical (unpaired) electrons. The smallest absolute Gasteiger partial charge is 0.251 e. The van der Waals surface area contributed by atoms with Crippen molar-refractivity contribution in [3.8, 4) is 0 Å². The first kappa shape index (κ1) is 15.7. The van der Waals surface area contributed by atoms with Gasteiger partial charge in [-0.3, -0.25) is 4.79 Å². The maximum atomic E-state index is 12.4. The van der Waals surface area contributed by atoms with Gasteiger partial charge in [0.25, 0.3) is 5.91 Å². The van der Waals surface area contributed by atoms with Crippen molar-refractivity contribution in [3.63, 3.8) is 0 Å². The first-order chi connectivity index (χ1) is 11.0. The predicted molar refractivity (Wildman–Crippen MR) is 92.1 cm³/mol. The molecule has 0 aliphatic rings. The Morgan fingerprint density at radius 2 is 2.09 bits per heavy atom. The standard InChI is InChI=1S/C17H20N4OS/c1-5-15-20-21-14(12(4)19-17(21)23-15)9-18-16(22)13-7-6-10(2)8-11(13)3/h6-8H,5,9H2,1-4H3,(H,18,22). The van der Waals surface area contributed by atoms with Crippen LogP contribution >= 0.6 is 11.3 Å². The van der Waals surface area contributed by atoms with E-state index in [1.165, 1.54) is 0 Å². The van der Waals surface area contributed by atoms with Crippen LogP contribution in [0.5, 0.6) is 0 Å². The molecule has 2 aromatic heterocycles. The van der Waals surface area contributed by atoms with E-state index in [1.807, 2.05) is 43.5 Å². The zero-order valence-electron chi connectivity index (χ0n) is 13.8. The number of benzene rings is 1. The lowest BCUT2D eigenvalue weighted by Gasteiger charge is -2.08. The van der Waals surface area contributed by atoms with Crippen LogP contribution in [0.2, 0.25) is 0 Å². The fraction of sp³-hybridized carbons (Fsp3) is 0.353. The number of fused-ring (bicyclic) bond motifs is 1. The van der Waals surface area contributed by atoms with E-state index in [9.17, 15) is 4.79 Å². The molecule has 0 aliphatic heterocycles. The van der Waals surface area contributed by atoms with Crippen LogP contribution < -0.4 is 5.32 Å². The van der Waals surface area contributed by atoms with Gasteiger partial charge in [0.2, 0.25) is 4.96 Å². The highest BCUT2D eigenvalue weighted by atomic mass is 32.1. The topological polar surface area (TPSA) is 59.3 Å². The summed E-state index contributed by atoms with van der Waals surface area (Å²) in [6.45, 7) is 8.43. The van der Waals surface area contributed by atoms with Crippen LogP contribution in [0.1, 0.15) is 44.8 Å². The van der Waals surface area contributed by atoms with Crippen LogP contribution in [0.25, 0.3) is 4.96 Å². The number of amides is 1. The lowest BCUT2D eigenvalue weighted by atomic mass is 10.1. The second-order valence-electron chi connectivity index (χ2n) is 5.69. The van der Waals surface area contributed by atoms with Gasteiger partial charge in [-0.25, -0.2) is 9.50 Å². The molecule has 0 saturated heterocycles. The summed E-state index contributed by atoms with van der Waals surface area (Å²) in [6.07, 6.45) is 0.890. The third-order valence-electron chi connectivity index (χ3n) is 3.88. The molecule has 1 amide bonds. The van der Waals surface area contributed by atoms with Crippen LogP contribution in [-0.2, 0) is 13.0 Å². The van der Waals surface area contributed by atoms with Gasteiger partial charge in [-0.15, -0.1) is 0 Å². The summed E-state index contributed by atoms with van der Waals surface area (Å²) in [7, 11) is 0. The third kappa shape index (κ3) is 2.99. The number of hydrogen-bond donors (Lipinski definition) is 1. The van der Waals surface area contributed by atoms with Gasteiger partial charge in [-0.2, -0.15) is 5.10 Å². The molecule has 3 aromatic rings. The minimum absolute atomic E-state index is 0.0669. The van der Waals surface area contributed by atoms with Crippen molar-refractivity contribution in [2.45, 2.75) is 40.7 Å². The molecule has 1 N–H and O–H groups in total.